The molecule has 1 heterocycles. The van der Waals surface area contributed by atoms with Gasteiger partial charge in [-0.1, -0.05) is 44.2 Å². The van der Waals surface area contributed by atoms with Gasteiger partial charge in [0.15, 0.2) is 0 Å². The third-order valence-corrected chi connectivity index (χ3v) is 3.99. The van der Waals surface area contributed by atoms with Crippen LogP contribution in [0.4, 0.5) is 0 Å². The Bertz CT molecular complexity index is 855. The van der Waals surface area contributed by atoms with Crippen LogP contribution in [-0.4, -0.2) is 16.1 Å². The van der Waals surface area contributed by atoms with Crippen molar-refractivity contribution in [1.29, 1.82) is 0 Å². The monoisotopic (exact) mass is 307 g/mol. The minimum Gasteiger partial charge on any atom is -0.308 e. The van der Waals surface area contributed by atoms with Crippen molar-refractivity contribution >= 4 is 10.9 Å². The number of hydrogen-bond donors (Lipinski definition) is 1. The maximum Gasteiger partial charge on any atom is 0.266 e. The van der Waals surface area contributed by atoms with Gasteiger partial charge in [-0.2, -0.15) is 0 Å². The highest BCUT2D eigenvalue weighted by Crippen LogP contribution is 2.20. The van der Waals surface area contributed by atoms with Crippen molar-refractivity contribution in [3.63, 3.8) is 0 Å². The molecule has 0 saturated carbocycles. The molecule has 0 aliphatic heterocycles. The van der Waals surface area contributed by atoms with Gasteiger partial charge in [-0.25, -0.2) is 4.98 Å². The fourth-order valence-electron chi connectivity index (χ4n) is 2.87. The Kier molecular flexibility index (Phi) is 4.53. The number of nitrogens with zero attached hydrogens (tertiary/aromatic N) is 2. The Morgan fingerprint density at radius 2 is 1.74 bits per heavy atom. The summed E-state index contributed by atoms with van der Waals surface area (Å²) in [6, 6.07) is 17.3. The first-order valence-electron chi connectivity index (χ1n) is 8.06. The average molecular weight is 307 g/mol. The smallest absolute Gasteiger partial charge is 0.266 e. The van der Waals surface area contributed by atoms with Crippen molar-refractivity contribution in [3.05, 3.63) is 70.8 Å². The van der Waals surface area contributed by atoms with Crippen LogP contribution in [0, 0.1) is 0 Å². The minimum absolute atomic E-state index is 0.0202. The molecule has 1 atom stereocenters. The molecular formula is C19H21N3O. The first kappa shape index (κ1) is 15.4. The number of nitrogens with one attached hydrogen (secondary N) is 1. The summed E-state index contributed by atoms with van der Waals surface area (Å²) in [7, 11) is 0. The van der Waals surface area contributed by atoms with Gasteiger partial charge in [-0.15, -0.1) is 0 Å². The molecule has 0 aliphatic rings. The summed E-state index contributed by atoms with van der Waals surface area (Å²) < 4.78 is 1.74. The van der Waals surface area contributed by atoms with E-state index in [1.54, 1.807) is 4.57 Å². The number of benzene rings is 2. The summed E-state index contributed by atoms with van der Waals surface area (Å²) in [4.78, 5) is 17.9. The van der Waals surface area contributed by atoms with Crippen LogP contribution in [0.2, 0.25) is 0 Å². The summed E-state index contributed by atoms with van der Waals surface area (Å²) in [6.07, 6.45) is 0.867. The second-order valence-electron chi connectivity index (χ2n) is 5.48. The second kappa shape index (κ2) is 6.75. The molecule has 23 heavy (non-hydrogen) atoms. The van der Waals surface area contributed by atoms with E-state index in [2.05, 4.69) is 19.2 Å². The highest BCUT2D eigenvalue weighted by molar-refractivity contribution is 5.77. The fraction of sp³-hybridized carbons (Fsp3) is 0.263. The van der Waals surface area contributed by atoms with Crippen LogP contribution >= 0.6 is 0 Å². The van der Waals surface area contributed by atoms with Crippen molar-refractivity contribution < 1.29 is 0 Å². The summed E-state index contributed by atoms with van der Waals surface area (Å²) in [6.45, 7) is 4.99. The lowest BCUT2D eigenvalue weighted by Gasteiger charge is -2.21. The molecule has 0 radical (unpaired) electrons. The van der Waals surface area contributed by atoms with Crippen molar-refractivity contribution in [2.24, 2.45) is 0 Å². The van der Waals surface area contributed by atoms with Crippen LogP contribution in [0.3, 0.4) is 0 Å². The van der Waals surface area contributed by atoms with Gasteiger partial charge in [0, 0.05) is 0 Å². The molecule has 0 unspecified atom stereocenters. The van der Waals surface area contributed by atoms with Gasteiger partial charge in [-0.05, 0) is 37.2 Å². The van der Waals surface area contributed by atoms with Crippen molar-refractivity contribution in [1.82, 2.24) is 14.9 Å². The highest BCUT2D eigenvalue weighted by Gasteiger charge is 2.18. The van der Waals surface area contributed by atoms with E-state index >= 15 is 0 Å². The number of hydrogen-bond acceptors (Lipinski definition) is 3. The molecular weight excluding hydrogens is 286 g/mol. The largest absolute Gasteiger partial charge is 0.308 e. The van der Waals surface area contributed by atoms with Gasteiger partial charge in [0.25, 0.3) is 5.56 Å². The summed E-state index contributed by atoms with van der Waals surface area (Å²) in [5, 5.41) is 4.07. The number of fused-ring (bicyclic) bond motifs is 1. The highest BCUT2D eigenvalue weighted by atomic mass is 16.1. The van der Waals surface area contributed by atoms with Crippen molar-refractivity contribution in [2.45, 2.75) is 26.3 Å². The van der Waals surface area contributed by atoms with Gasteiger partial charge in [0.2, 0.25) is 0 Å². The molecule has 0 spiro atoms. The van der Waals surface area contributed by atoms with E-state index in [0.717, 1.165) is 30.0 Å². The third-order valence-electron chi connectivity index (χ3n) is 3.99. The van der Waals surface area contributed by atoms with E-state index in [9.17, 15) is 4.79 Å². The van der Waals surface area contributed by atoms with E-state index < -0.39 is 0 Å². The van der Waals surface area contributed by atoms with Crippen molar-refractivity contribution in [2.75, 3.05) is 6.54 Å². The predicted octanol–water partition coefficient (Wildman–Crippen LogP) is 3.45. The number of aromatic nitrogens is 2. The summed E-state index contributed by atoms with van der Waals surface area (Å²) in [5.41, 5.74) is 1.58. The molecule has 0 bridgehead atoms. The van der Waals surface area contributed by atoms with E-state index in [1.165, 1.54) is 0 Å². The van der Waals surface area contributed by atoms with Gasteiger partial charge >= 0.3 is 0 Å². The lowest BCUT2D eigenvalue weighted by Crippen LogP contribution is -2.31. The van der Waals surface area contributed by atoms with E-state index in [4.69, 9.17) is 4.98 Å². The summed E-state index contributed by atoms with van der Waals surface area (Å²) >= 11 is 0. The maximum atomic E-state index is 13.1. The van der Waals surface area contributed by atoms with E-state index in [-0.39, 0.29) is 11.6 Å². The molecule has 1 aromatic heterocycles. The Labute approximate surface area is 135 Å². The van der Waals surface area contributed by atoms with Crippen LogP contribution in [0.25, 0.3) is 16.6 Å². The molecule has 2 aromatic carbocycles. The van der Waals surface area contributed by atoms with E-state index in [0.29, 0.717) is 5.39 Å². The molecule has 0 aliphatic carbocycles. The number of rotatable bonds is 5. The molecule has 4 nitrogen and oxygen atoms in total. The Morgan fingerprint density at radius 1 is 1.04 bits per heavy atom. The molecule has 0 amide bonds. The molecule has 1 N–H and O–H groups in total. The lowest BCUT2D eigenvalue weighted by atomic mass is 10.1. The van der Waals surface area contributed by atoms with Crippen LogP contribution in [0.1, 0.15) is 32.1 Å². The quantitative estimate of drug-likeness (QED) is 0.785. The molecule has 3 rings (SSSR count). The Hall–Kier alpha value is -2.46. The van der Waals surface area contributed by atoms with Crippen LogP contribution in [-0.2, 0) is 0 Å². The second-order valence-corrected chi connectivity index (χ2v) is 5.48. The standard InChI is InChI=1S/C19H21N3O/c1-3-16(20-4-2)18-21-17-13-9-8-12-15(17)19(23)22(18)14-10-6-5-7-11-14/h5-13,16,20H,3-4H2,1-2H3/t16-/m1/s1. The fourth-order valence-corrected chi connectivity index (χ4v) is 2.87. The zero-order valence-electron chi connectivity index (χ0n) is 13.5. The first-order chi connectivity index (χ1) is 11.3. The Morgan fingerprint density at radius 3 is 2.43 bits per heavy atom. The van der Waals surface area contributed by atoms with Crippen LogP contribution in [0.5, 0.6) is 0 Å². The van der Waals surface area contributed by atoms with Gasteiger partial charge in [-0.3, -0.25) is 9.36 Å². The van der Waals surface area contributed by atoms with E-state index in [1.807, 2.05) is 54.6 Å². The van der Waals surface area contributed by atoms with Crippen molar-refractivity contribution in [3.8, 4) is 5.69 Å². The Balaban J connectivity index is 2.34. The zero-order valence-corrected chi connectivity index (χ0v) is 13.5. The average Bonchev–Trinajstić information content (AvgIpc) is 2.60. The maximum absolute atomic E-state index is 13.1. The summed E-state index contributed by atoms with van der Waals surface area (Å²) in [5.74, 6) is 0.768. The first-order valence-corrected chi connectivity index (χ1v) is 8.06. The van der Waals surface area contributed by atoms with Gasteiger partial charge < -0.3 is 5.32 Å². The molecule has 3 aromatic rings. The molecule has 4 heteroatoms. The third kappa shape index (κ3) is 2.90. The lowest BCUT2D eigenvalue weighted by molar-refractivity contribution is 0.498. The predicted molar refractivity (Wildman–Crippen MR) is 94.0 cm³/mol. The SMILES string of the molecule is CCN[C@H](CC)c1nc2ccccc2c(=O)n1-c1ccccc1. The van der Waals surface area contributed by atoms with Gasteiger partial charge in [0.1, 0.15) is 5.82 Å². The minimum atomic E-state index is -0.0202. The van der Waals surface area contributed by atoms with Crippen LogP contribution in [0.15, 0.2) is 59.4 Å². The molecule has 0 fully saturated rings. The molecule has 118 valence electrons. The van der Waals surface area contributed by atoms with Gasteiger partial charge in [0.05, 0.1) is 22.6 Å². The van der Waals surface area contributed by atoms with Crippen LogP contribution < -0.4 is 10.9 Å². The normalized spacial score (nSPS) is 12.4. The number of para-hydroxylation sites is 2. The zero-order chi connectivity index (χ0) is 16.2. The molecule has 0 saturated heterocycles. The topological polar surface area (TPSA) is 46.9 Å².